The predicted molar refractivity (Wildman–Crippen MR) is 57.7 cm³/mol. The molecule has 1 rings (SSSR count). The monoisotopic (exact) mass is 216 g/mol. The van der Waals surface area contributed by atoms with Crippen LogP contribution in [-0.4, -0.2) is 0 Å². The van der Waals surface area contributed by atoms with Crippen LogP contribution in [0.5, 0.6) is 0 Å². The minimum absolute atomic E-state index is 0.236. The summed E-state index contributed by atoms with van der Waals surface area (Å²) in [5, 5.41) is 0.339. The third-order valence-electron chi connectivity index (χ3n) is 2.44. The molecule has 0 fully saturated rings. The lowest BCUT2D eigenvalue weighted by Crippen LogP contribution is -2.33. The number of benzene rings is 1. The number of halogens is 2. The zero-order chi connectivity index (χ0) is 10.9. The van der Waals surface area contributed by atoms with Gasteiger partial charge in [-0.25, -0.2) is 4.39 Å². The number of anilines is 1. The van der Waals surface area contributed by atoms with Crippen molar-refractivity contribution in [2.75, 3.05) is 5.73 Å². The number of nitrogens with two attached hydrogens (primary N) is 2. The Morgan fingerprint density at radius 3 is 2.57 bits per heavy atom. The Kier molecular flexibility index (Phi) is 3.02. The van der Waals surface area contributed by atoms with Crippen molar-refractivity contribution in [3.8, 4) is 0 Å². The van der Waals surface area contributed by atoms with Gasteiger partial charge in [-0.3, -0.25) is 0 Å². The van der Waals surface area contributed by atoms with Crippen molar-refractivity contribution in [2.45, 2.75) is 25.8 Å². The van der Waals surface area contributed by atoms with E-state index in [1.165, 1.54) is 12.1 Å². The highest BCUT2D eigenvalue weighted by Gasteiger charge is 2.23. The highest BCUT2D eigenvalue weighted by atomic mass is 35.5. The van der Waals surface area contributed by atoms with Gasteiger partial charge in [0.15, 0.2) is 0 Å². The molecule has 0 heterocycles. The molecule has 1 atom stereocenters. The van der Waals surface area contributed by atoms with E-state index in [-0.39, 0.29) is 5.69 Å². The van der Waals surface area contributed by atoms with Gasteiger partial charge in [-0.1, -0.05) is 18.5 Å². The van der Waals surface area contributed by atoms with Crippen molar-refractivity contribution in [3.05, 3.63) is 28.5 Å². The van der Waals surface area contributed by atoms with E-state index in [0.29, 0.717) is 17.0 Å². The Bertz CT molecular complexity index is 350. The maximum atomic E-state index is 13.5. The average Bonchev–Trinajstić information content (AvgIpc) is 2.11. The van der Waals surface area contributed by atoms with Crippen molar-refractivity contribution in [1.29, 1.82) is 0 Å². The first-order valence-electron chi connectivity index (χ1n) is 4.42. The Morgan fingerprint density at radius 2 is 2.07 bits per heavy atom. The molecule has 0 aromatic heterocycles. The van der Waals surface area contributed by atoms with Crippen LogP contribution in [0.4, 0.5) is 10.1 Å². The van der Waals surface area contributed by atoms with Gasteiger partial charge >= 0.3 is 0 Å². The molecule has 0 aliphatic carbocycles. The van der Waals surface area contributed by atoms with Gasteiger partial charge in [-0.2, -0.15) is 0 Å². The third-order valence-corrected chi connectivity index (χ3v) is 2.76. The number of hydrogen-bond acceptors (Lipinski definition) is 2. The quantitative estimate of drug-likeness (QED) is 0.747. The molecule has 0 saturated heterocycles. The maximum Gasteiger partial charge on any atom is 0.130 e. The van der Waals surface area contributed by atoms with Crippen LogP contribution < -0.4 is 11.5 Å². The molecular weight excluding hydrogens is 203 g/mol. The van der Waals surface area contributed by atoms with Crippen LogP contribution >= 0.6 is 11.6 Å². The van der Waals surface area contributed by atoms with E-state index in [1.807, 2.05) is 6.92 Å². The summed E-state index contributed by atoms with van der Waals surface area (Å²) in [4.78, 5) is 0. The van der Waals surface area contributed by atoms with E-state index in [4.69, 9.17) is 23.1 Å². The van der Waals surface area contributed by atoms with E-state index in [2.05, 4.69) is 0 Å². The molecule has 0 aliphatic rings. The van der Waals surface area contributed by atoms with Gasteiger partial charge in [0.1, 0.15) is 5.82 Å². The summed E-state index contributed by atoms with van der Waals surface area (Å²) in [6, 6.07) is 2.70. The minimum Gasteiger partial charge on any atom is -0.397 e. The van der Waals surface area contributed by atoms with Crippen LogP contribution in [0.15, 0.2) is 12.1 Å². The van der Waals surface area contributed by atoms with E-state index in [9.17, 15) is 4.39 Å². The van der Waals surface area contributed by atoms with Crippen LogP contribution in [0.3, 0.4) is 0 Å². The first kappa shape index (κ1) is 11.3. The molecule has 0 saturated carbocycles. The second-order valence-corrected chi connectivity index (χ2v) is 4.03. The predicted octanol–water partition coefficient (Wildman–Crippen LogP) is 2.65. The lowest BCUT2D eigenvalue weighted by atomic mass is 9.90. The molecule has 0 bridgehead atoms. The molecule has 4 heteroatoms. The second kappa shape index (κ2) is 3.75. The molecule has 0 spiro atoms. The van der Waals surface area contributed by atoms with Gasteiger partial charge in [0, 0.05) is 11.1 Å². The van der Waals surface area contributed by atoms with Gasteiger partial charge < -0.3 is 11.5 Å². The van der Waals surface area contributed by atoms with Crippen LogP contribution in [0, 0.1) is 5.82 Å². The van der Waals surface area contributed by atoms with Crippen LogP contribution in [0.25, 0.3) is 0 Å². The smallest absolute Gasteiger partial charge is 0.130 e. The van der Waals surface area contributed by atoms with Gasteiger partial charge in [0.05, 0.1) is 10.7 Å². The Labute approximate surface area is 88.0 Å². The highest BCUT2D eigenvalue weighted by molar-refractivity contribution is 6.33. The zero-order valence-corrected chi connectivity index (χ0v) is 9.03. The minimum atomic E-state index is -0.707. The molecule has 1 aromatic carbocycles. The average molecular weight is 217 g/mol. The molecule has 0 aliphatic heterocycles. The normalized spacial score (nSPS) is 15.2. The van der Waals surface area contributed by atoms with Crippen LogP contribution in [-0.2, 0) is 5.54 Å². The van der Waals surface area contributed by atoms with Crippen molar-refractivity contribution >= 4 is 17.3 Å². The van der Waals surface area contributed by atoms with Crippen molar-refractivity contribution in [2.24, 2.45) is 5.73 Å². The number of nitrogen functional groups attached to an aromatic ring is 1. The van der Waals surface area contributed by atoms with E-state index in [0.717, 1.165) is 0 Å². The van der Waals surface area contributed by atoms with Gasteiger partial charge in [-0.15, -0.1) is 0 Å². The van der Waals surface area contributed by atoms with Gasteiger partial charge in [0.25, 0.3) is 0 Å². The van der Waals surface area contributed by atoms with Gasteiger partial charge in [-0.05, 0) is 25.5 Å². The summed E-state index contributed by atoms with van der Waals surface area (Å²) in [7, 11) is 0. The molecule has 1 unspecified atom stereocenters. The van der Waals surface area contributed by atoms with E-state index >= 15 is 0 Å². The summed E-state index contributed by atoms with van der Waals surface area (Å²) in [6.07, 6.45) is 0.629. The Balaban J connectivity index is 3.29. The number of rotatable bonds is 2. The van der Waals surface area contributed by atoms with E-state index < -0.39 is 11.4 Å². The van der Waals surface area contributed by atoms with Crippen molar-refractivity contribution in [3.63, 3.8) is 0 Å². The zero-order valence-electron chi connectivity index (χ0n) is 8.27. The van der Waals surface area contributed by atoms with E-state index in [1.54, 1.807) is 6.92 Å². The summed E-state index contributed by atoms with van der Waals surface area (Å²) in [6.45, 7) is 3.65. The first-order chi connectivity index (χ1) is 6.38. The first-order valence-corrected chi connectivity index (χ1v) is 4.80. The Hall–Kier alpha value is -0.800. The summed E-state index contributed by atoms with van der Waals surface area (Å²) < 4.78 is 13.5. The van der Waals surface area contributed by atoms with Gasteiger partial charge in [0.2, 0.25) is 0 Å². The molecular formula is C10H14ClFN2. The lowest BCUT2D eigenvalue weighted by molar-refractivity contribution is 0.446. The fraction of sp³-hybridized carbons (Fsp3) is 0.400. The maximum absolute atomic E-state index is 13.5. The topological polar surface area (TPSA) is 52.0 Å². The molecule has 1 aromatic rings. The fourth-order valence-electron chi connectivity index (χ4n) is 1.19. The fourth-order valence-corrected chi connectivity index (χ4v) is 1.35. The molecule has 14 heavy (non-hydrogen) atoms. The lowest BCUT2D eigenvalue weighted by Gasteiger charge is -2.24. The van der Waals surface area contributed by atoms with Crippen molar-refractivity contribution < 1.29 is 4.39 Å². The summed E-state index contributed by atoms with van der Waals surface area (Å²) >= 11 is 5.80. The summed E-state index contributed by atoms with van der Waals surface area (Å²) in [5.41, 5.74) is 11.3. The molecule has 78 valence electrons. The van der Waals surface area contributed by atoms with Crippen LogP contribution in [0.1, 0.15) is 25.8 Å². The molecule has 2 nitrogen and oxygen atoms in total. The highest BCUT2D eigenvalue weighted by Crippen LogP contribution is 2.30. The molecule has 4 N–H and O–H groups in total. The Morgan fingerprint density at radius 1 is 1.50 bits per heavy atom. The second-order valence-electron chi connectivity index (χ2n) is 3.62. The summed E-state index contributed by atoms with van der Waals surface area (Å²) in [5.74, 6) is -0.404. The number of hydrogen-bond donors (Lipinski definition) is 2. The SMILES string of the molecule is CCC(C)(N)c1cc(Cl)c(N)cc1F. The molecule has 0 radical (unpaired) electrons. The third kappa shape index (κ3) is 1.99. The standard InChI is InChI=1S/C10H14ClFN2/c1-3-10(2,14)6-4-7(11)9(13)5-8(6)12/h4-5H,3,13-14H2,1-2H3. The van der Waals surface area contributed by atoms with Crippen LogP contribution in [0.2, 0.25) is 5.02 Å². The van der Waals surface area contributed by atoms with Crippen molar-refractivity contribution in [1.82, 2.24) is 0 Å². The largest absolute Gasteiger partial charge is 0.397 e. The molecule has 0 amide bonds.